The van der Waals surface area contributed by atoms with Crippen molar-refractivity contribution in [2.45, 2.75) is 0 Å². The minimum Gasteiger partial charge on any atom is -0.506 e. The van der Waals surface area contributed by atoms with Gasteiger partial charge in [-0.15, -0.1) is 0 Å². The molecule has 1 heterocycles. The minimum absolute atomic E-state index is 0.222. The Balaban J connectivity index is 2.46. The lowest BCUT2D eigenvalue weighted by Gasteiger charge is -2.14. The van der Waals surface area contributed by atoms with Gasteiger partial charge < -0.3 is 10.0 Å². The van der Waals surface area contributed by atoms with E-state index in [2.05, 4.69) is 41.8 Å². The maximum Gasteiger partial charge on any atom is 0.143 e. The molecule has 2 rings (SSSR count). The maximum absolute atomic E-state index is 9.59. The molecule has 0 aliphatic carbocycles. The number of aromatic hydroxyl groups is 1. The summed E-state index contributed by atoms with van der Waals surface area (Å²) < 4.78 is 1.35. The summed E-state index contributed by atoms with van der Waals surface area (Å²) in [5, 5.41) is 9.59. The first-order valence-corrected chi connectivity index (χ1v) is 6.12. The topological polar surface area (TPSA) is 35.8 Å². The summed E-state index contributed by atoms with van der Waals surface area (Å²) in [5.41, 5.74) is 1.01. The van der Waals surface area contributed by atoms with Crippen molar-refractivity contribution in [3.63, 3.8) is 0 Å². The van der Waals surface area contributed by atoms with Crippen molar-refractivity contribution in [3.8, 4) is 5.75 Å². The smallest absolute Gasteiger partial charge is 0.143 e. The highest BCUT2D eigenvalue weighted by Gasteiger charge is 2.16. The normalized spacial score (nSPS) is 15.7. The summed E-state index contributed by atoms with van der Waals surface area (Å²) in [6.07, 6.45) is 0. The first-order valence-electron chi connectivity index (χ1n) is 4.53. The molecule has 0 saturated heterocycles. The van der Waals surface area contributed by atoms with Crippen LogP contribution < -0.4 is 0 Å². The number of hydrogen-bond donors (Lipinski definition) is 1. The van der Waals surface area contributed by atoms with Crippen LogP contribution in [0.25, 0.3) is 0 Å². The monoisotopic (exact) mass is 332 g/mol. The van der Waals surface area contributed by atoms with Crippen LogP contribution >= 0.6 is 31.9 Å². The molecule has 15 heavy (non-hydrogen) atoms. The minimum atomic E-state index is 0.222. The number of amidine groups is 1. The number of phenols is 1. The largest absolute Gasteiger partial charge is 0.506 e. The van der Waals surface area contributed by atoms with E-state index in [9.17, 15) is 5.11 Å². The fourth-order valence-electron chi connectivity index (χ4n) is 1.54. The zero-order valence-electron chi connectivity index (χ0n) is 8.17. The van der Waals surface area contributed by atoms with Crippen molar-refractivity contribution < 1.29 is 5.11 Å². The van der Waals surface area contributed by atoms with E-state index in [0.29, 0.717) is 8.95 Å². The van der Waals surface area contributed by atoms with E-state index in [1.807, 2.05) is 19.2 Å². The van der Waals surface area contributed by atoms with E-state index in [4.69, 9.17) is 0 Å². The third-order valence-electron chi connectivity index (χ3n) is 2.33. The van der Waals surface area contributed by atoms with E-state index in [1.165, 1.54) is 0 Å². The Morgan fingerprint density at radius 1 is 1.33 bits per heavy atom. The van der Waals surface area contributed by atoms with Crippen LogP contribution in [0.5, 0.6) is 5.75 Å². The Kier molecular flexibility index (Phi) is 3.02. The lowest BCUT2D eigenvalue weighted by Crippen LogP contribution is -2.23. The number of likely N-dealkylation sites (N-methyl/N-ethyl adjacent to an activating group) is 1. The van der Waals surface area contributed by atoms with Crippen molar-refractivity contribution in [1.29, 1.82) is 0 Å². The summed E-state index contributed by atoms with van der Waals surface area (Å²) in [6, 6.07) is 3.75. The van der Waals surface area contributed by atoms with Crippen molar-refractivity contribution >= 4 is 37.7 Å². The second-order valence-corrected chi connectivity index (χ2v) is 5.12. The number of nitrogens with zero attached hydrogens (tertiary/aromatic N) is 2. The molecule has 0 radical (unpaired) electrons. The van der Waals surface area contributed by atoms with Crippen molar-refractivity contribution in [3.05, 3.63) is 26.6 Å². The van der Waals surface area contributed by atoms with Gasteiger partial charge in [-0.1, -0.05) is 0 Å². The van der Waals surface area contributed by atoms with Crippen molar-refractivity contribution in [2.75, 3.05) is 20.1 Å². The fraction of sp³-hybridized carbons (Fsp3) is 0.300. The van der Waals surface area contributed by atoms with Gasteiger partial charge >= 0.3 is 0 Å². The van der Waals surface area contributed by atoms with Crippen LogP contribution in [0, 0.1) is 0 Å². The summed E-state index contributed by atoms with van der Waals surface area (Å²) in [7, 11) is 2.01. The Labute approximate surface area is 105 Å². The molecule has 1 aliphatic rings. The molecule has 1 N–H and O–H groups in total. The molecule has 0 spiro atoms. The number of rotatable bonds is 1. The predicted molar refractivity (Wildman–Crippen MR) is 67.5 cm³/mol. The van der Waals surface area contributed by atoms with Crippen LogP contribution in [-0.4, -0.2) is 36.0 Å². The molecule has 0 amide bonds. The summed E-state index contributed by atoms with van der Waals surface area (Å²) in [4.78, 5) is 6.52. The van der Waals surface area contributed by atoms with Crippen LogP contribution in [0.15, 0.2) is 26.1 Å². The zero-order valence-corrected chi connectivity index (χ0v) is 11.3. The molecule has 1 aromatic rings. The van der Waals surface area contributed by atoms with E-state index in [-0.39, 0.29) is 5.75 Å². The average molecular weight is 334 g/mol. The van der Waals surface area contributed by atoms with Gasteiger partial charge in [-0.25, -0.2) is 0 Å². The summed E-state index contributed by atoms with van der Waals surface area (Å²) >= 11 is 6.62. The van der Waals surface area contributed by atoms with E-state index < -0.39 is 0 Å². The van der Waals surface area contributed by atoms with E-state index in [1.54, 1.807) is 0 Å². The predicted octanol–water partition coefficient (Wildman–Crippen LogP) is 2.61. The third kappa shape index (κ3) is 2.03. The molecular weight excluding hydrogens is 324 g/mol. The highest BCUT2D eigenvalue weighted by molar-refractivity contribution is 9.11. The molecule has 3 nitrogen and oxygen atoms in total. The van der Waals surface area contributed by atoms with E-state index >= 15 is 0 Å². The quantitative estimate of drug-likeness (QED) is 0.857. The van der Waals surface area contributed by atoms with Crippen LogP contribution in [0.3, 0.4) is 0 Å². The molecule has 0 aromatic heterocycles. The highest BCUT2D eigenvalue weighted by Crippen LogP contribution is 2.33. The second kappa shape index (κ2) is 4.14. The Morgan fingerprint density at radius 3 is 2.40 bits per heavy atom. The number of phenolic OH excluding ortho intramolecular Hbond substituents is 1. The summed E-state index contributed by atoms with van der Waals surface area (Å²) in [5.74, 6) is 1.19. The van der Waals surface area contributed by atoms with Gasteiger partial charge in [0, 0.05) is 19.2 Å². The van der Waals surface area contributed by atoms with Crippen LogP contribution in [-0.2, 0) is 0 Å². The van der Waals surface area contributed by atoms with E-state index in [0.717, 1.165) is 24.5 Å². The highest BCUT2D eigenvalue weighted by atomic mass is 79.9. The Morgan fingerprint density at radius 2 is 1.93 bits per heavy atom. The molecule has 5 heteroatoms. The Bertz CT molecular complexity index is 408. The molecule has 80 valence electrons. The summed E-state index contributed by atoms with van der Waals surface area (Å²) in [6.45, 7) is 1.79. The number of hydrogen-bond acceptors (Lipinski definition) is 3. The van der Waals surface area contributed by atoms with Gasteiger partial charge in [-0.2, -0.15) is 0 Å². The average Bonchev–Trinajstić information content (AvgIpc) is 2.60. The molecule has 0 bridgehead atoms. The SMILES string of the molecule is CN1CCN=C1c1cc(Br)c(O)c(Br)c1. The van der Waals surface area contributed by atoms with Gasteiger partial charge in [0.2, 0.25) is 0 Å². The van der Waals surface area contributed by atoms with Gasteiger partial charge in [0.05, 0.1) is 15.5 Å². The van der Waals surface area contributed by atoms with Gasteiger partial charge in [-0.3, -0.25) is 4.99 Å². The van der Waals surface area contributed by atoms with Crippen LogP contribution in [0.4, 0.5) is 0 Å². The van der Waals surface area contributed by atoms with Gasteiger partial charge in [0.15, 0.2) is 0 Å². The molecule has 0 fully saturated rings. The lowest BCUT2D eigenvalue weighted by atomic mass is 10.2. The van der Waals surface area contributed by atoms with Gasteiger partial charge in [-0.05, 0) is 44.0 Å². The lowest BCUT2D eigenvalue weighted by molar-refractivity contribution is 0.468. The number of benzene rings is 1. The zero-order chi connectivity index (χ0) is 11.0. The van der Waals surface area contributed by atoms with Crippen molar-refractivity contribution in [1.82, 2.24) is 4.90 Å². The van der Waals surface area contributed by atoms with Crippen molar-refractivity contribution in [2.24, 2.45) is 4.99 Å². The molecule has 0 unspecified atom stereocenters. The standard InChI is InChI=1S/C10H10Br2N2O/c1-14-3-2-13-10(14)6-4-7(11)9(15)8(12)5-6/h4-5,15H,2-3H2,1H3. The van der Waals surface area contributed by atoms with Gasteiger partial charge in [0.1, 0.15) is 11.6 Å². The molecule has 1 aliphatic heterocycles. The second-order valence-electron chi connectivity index (χ2n) is 3.42. The first-order chi connectivity index (χ1) is 7.09. The Hall–Kier alpha value is -0.550. The van der Waals surface area contributed by atoms with Crippen LogP contribution in [0.2, 0.25) is 0 Å². The first kappa shape index (κ1) is 11.0. The maximum atomic E-state index is 9.59. The molecule has 0 atom stereocenters. The fourth-order valence-corrected chi connectivity index (χ4v) is 2.73. The van der Waals surface area contributed by atoms with Gasteiger partial charge in [0.25, 0.3) is 0 Å². The molecule has 0 saturated carbocycles. The number of aliphatic imine (C=N–C) groups is 1. The molecular formula is C10H10Br2N2O. The van der Waals surface area contributed by atoms with Crippen LogP contribution in [0.1, 0.15) is 5.56 Å². The number of halogens is 2. The third-order valence-corrected chi connectivity index (χ3v) is 3.54. The molecule has 1 aromatic carbocycles.